The maximum absolute atomic E-state index is 11.4. The second kappa shape index (κ2) is 5.42. The molecule has 0 aliphatic carbocycles. The molecule has 1 heterocycles. The number of rotatable bonds is 3. The standard InChI is InChI=1S/C13H11ClN2OS/c1-8(17)10-7-9(4-5-12(10)15)18-13-11(14)3-2-6-16-13/h2-7H,15H2,1H3. The van der Waals surface area contributed by atoms with Crippen LogP contribution in [0.1, 0.15) is 17.3 Å². The Hall–Kier alpha value is -1.52. The summed E-state index contributed by atoms with van der Waals surface area (Å²) in [6, 6.07) is 8.87. The molecular formula is C13H11ClN2OS. The van der Waals surface area contributed by atoms with Crippen molar-refractivity contribution in [2.24, 2.45) is 0 Å². The third-order valence-electron chi connectivity index (χ3n) is 2.34. The third-order valence-corrected chi connectivity index (χ3v) is 3.77. The van der Waals surface area contributed by atoms with Gasteiger partial charge in [-0.25, -0.2) is 4.98 Å². The Balaban J connectivity index is 2.33. The lowest BCUT2D eigenvalue weighted by Gasteiger charge is -2.06. The van der Waals surface area contributed by atoms with Gasteiger partial charge in [0.05, 0.1) is 5.02 Å². The van der Waals surface area contributed by atoms with Crippen molar-refractivity contribution in [2.75, 3.05) is 5.73 Å². The van der Waals surface area contributed by atoms with E-state index in [4.69, 9.17) is 17.3 Å². The lowest BCUT2D eigenvalue weighted by molar-refractivity contribution is 0.101. The Kier molecular flexibility index (Phi) is 3.89. The molecule has 0 fully saturated rings. The van der Waals surface area contributed by atoms with Gasteiger partial charge in [0, 0.05) is 22.3 Å². The summed E-state index contributed by atoms with van der Waals surface area (Å²) in [5.41, 5.74) is 6.75. The number of hydrogen-bond donors (Lipinski definition) is 1. The third kappa shape index (κ3) is 2.83. The van der Waals surface area contributed by atoms with E-state index in [1.807, 2.05) is 6.07 Å². The summed E-state index contributed by atoms with van der Waals surface area (Å²) in [4.78, 5) is 16.5. The van der Waals surface area contributed by atoms with Crippen LogP contribution in [0.2, 0.25) is 5.02 Å². The van der Waals surface area contributed by atoms with Crippen molar-refractivity contribution >= 4 is 34.8 Å². The van der Waals surface area contributed by atoms with E-state index in [1.54, 1.807) is 30.5 Å². The smallest absolute Gasteiger partial charge is 0.161 e. The molecule has 2 rings (SSSR count). The Morgan fingerprint density at radius 2 is 2.17 bits per heavy atom. The number of nitrogens with two attached hydrogens (primary N) is 1. The normalized spacial score (nSPS) is 10.3. The van der Waals surface area contributed by atoms with Crippen LogP contribution >= 0.6 is 23.4 Å². The van der Waals surface area contributed by atoms with Crippen molar-refractivity contribution in [3.8, 4) is 0 Å². The highest BCUT2D eigenvalue weighted by atomic mass is 35.5. The number of benzene rings is 1. The second-order valence-corrected chi connectivity index (χ2v) is 5.17. The van der Waals surface area contributed by atoms with Crippen LogP contribution in [0.25, 0.3) is 0 Å². The van der Waals surface area contributed by atoms with Crippen LogP contribution in [-0.4, -0.2) is 10.8 Å². The Bertz CT molecular complexity index is 601. The van der Waals surface area contributed by atoms with Gasteiger partial charge in [-0.05, 0) is 37.3 Å². The average Bonchev–Trinajstić information content (AvgIpc) is 2.34. The number of aromatic nitrogens is 1. The predicted molar refractivity (Wildman–Crippen MR) is 74.2 cm³/mol. The zero-order valence-electron chi connectivity index (χ0n) is 9.68. The maximum atomic E-state index is 11.4. The van der Waals surface area contributed by atoms with E-state index in [2.05, 4.69) is 4.98 Å². The maximum Gasteiger partial charge on any atom is 0.161 e. The fourth-order valence-corrected chi connectivity index (χ4v) is 2.51. The van der Waals surface area contributed by atoms with Crippen LogP contribution < -0.4 is 5.73 Å². The minimum Gasteiger partial charge on any atom is -0.398 e. The van der Waals surface area contributed by atoms with Crippen molar-refractivity contribution < 1.29 is 4.79 Å². The van der Waals surface area contributed by atoms with E-state index in [1.165, 1.54) is 18.7 Å². The van der Waals surface area contributed by atoms with Gasteiger partial charge in [-0.2, -0.15) is 0 Å². The minimum absolute atomic E-state index is 0.0536. The molecule has 0 aliphatic heterocycles. The van der Waals surface area contributed by atoms with E-state index >= 15 is 0 Å². The summed E-state index contributed by atoms with van der Waals surface area (Å²) < 4.78 is 0. The van der Waals surface area contributed by atoms with Gasteiger partial charge in [-0.15, -0.1) is 0 Å². The minimum atomic E-state index is -0.0536. The Morgan fingerprint density at radius 1 is 1.39 bits per heavy atom. The molecule has 0 saturated carbocycles. The van der Waals surface area contributed by atoms with E-state index < -0.39 is 0 Å². The molecule has 18 heavy (non-hydrogen) atoms. The summed E-state index contributed by atoms with van der Waals surface area (Å²) in [6.07, 6.45) is 1.68. The van der Waals surface area contributed by atoms with Crippen molar-refractivity contribution in [3.05, 3.63) is 47.1 Å². The number of nitrogens with zero attached hydrogens (tertiary/aromatic N) is 1. The van der Waals surface area contributed by atoms with Gasteiger partial charge in [0.1, 0.15) is 5.03 Å². The molecule has 2 aromatic rings. The molecule has 1 aromatic heterocycles. The molecule has 0 aliphatic rings. The first-order chi connectivity index (χ1) is 8.58. The fourth-order valence-electron chi connectivity index (χ4n) is 1.46. The highest BCUT2D eigenvalue weighted by Crippen LogP contribution is 2.32. The van der Waals surface area contributed by atoms with Crippen molar-refractivity contribution in [1.29, 1.82) is 0 Å². The number of pyridine rings is 1. The zero-order valence-corrected chi connectivity index (χ0v) is 11.3. The fraction of sp³-hybridized carbons (Fsp3) is 0.0769. The zero-order chi connectivity index (χ0) is 13.1. The van der Waals surface area contributed by atoms with Gasteiger partial charge < -0.3 is 5.73 Å². The molecule has 3 nitrogen and oxygen atoms in total. The van der Waals surface area contributed by atoms with Crippen molar-refractivity contribution in [1.82, 2.24) is 4.98 Å². The SMILES string of the molecule is CC(=O)c1cc(Sc2ncccc2Cl)ccc1N. The first-order valence-electron chi connectivity index (χ1n) is 5.27. The highest BCUT2D eigenvalue weighted by Gasteiger charge is 2.08. The number of carbonyl (C=O) groups is 1. The molecule has 0 spiro atoms. The molecule has 0 radical (unpaired) electrons. The van der Waals surface area contributed by atoms with Gasteiger partial charge in [0.15, 0.2) is 5.78 Å². The van der Waals surface area contributed by atoms with Gasteiger partial charge >= 0.3 is 0 Å². The molecule has 1 aromatic carbocycles. The lowest BCUT2D eigenvalue weighted by Crippen LogP contribution is -1.99. The molecule has 2 N–H and O–H groups in total. The molecular weight excluding hydrogens is 268 g/mol. The number of Topliss-reactive ketones (excluding diaryl/α,β-unsaturated/α-hetero) is 1. The van der Waals surface area contributed by atoms with E-state index in [0.717, 1.165) is 4.90 Å². The van der Waals surface area contributed by atoms with Gasteiger partial charge in [0.2, 0.25) is 0 Å². The Morgan fingerprint density at radius 3 is 2.83 bits per heavy atom. The topological polar surface area (TPSA) is 56.0 Å². The number of hydrogen-bond acceptors (Lipinski definition) is 4. The molecule has 0 unspecified atom stereocenters. The van der Waals surface area contributed by atoms with Crippen LogP contribution in [0.3, 0.4) is 0 Å². The van der Waals surface area contributed by atoms with Crippen molar-refractivity contribution in [2.45, 2.75) is 16.8 Å². The highest BCUT2D eigenvalue weighted by molar-refractivity contribution is 7.99. The molecule has 0 bridgehead atoms. The second-order valence-electron chi connectivity index (χ2n) is 3.70. The molecule has 5 heteroatoms. The first kappa shape index (κ1) is 12.9. The Labute approximate surface area is 114 Å². The number of nitrogen functional groups attached to an aromatic ring is 1. The van der Waals surface area contributed by atoms with Crippen LogP contribution in [0.5, 0.6) is 0 Å². The van der Waals surface area contributed by atoms with Gasteiger partial charge in [-0.1, -0.05) is 23.4 Å². The van der Waals surface area contributed by atoms with E-state index in [-0.39, 0.29) is 5.78 Å². The molecule has 0 saturated heterocycles. The number of carbonyl (C=O) groups excluding carboxylic acids is 1. The summed E-state index contributed by atoms with van der Waals surface area (Å²) in [6.45, 7) is 1.49. The largest absolute Gasteiger partial charge is 0.398 e. The molecule has 0 atom stereocenters. The summed E-state index contributed by atoms with van der Waals surface area (Å²) in [5.74, 6) is -0.0536. The lowest BCUT2D eigenvalue weighted by atomic mass is 10.1. The summed E-state index contributed by atoms with van der Waals surface area (Å²) >= 11 is 7.44. The van der Waals surface area contributed by atoms with Gasteiger partial charge in [0.25, 0.3) is 0 Å². The van der Waals surface area contributed by atoms with Crippen LogP contribution in [0, 0.1) is 0 Å². The van der Waals surface area contributed by atoms with Gasteiger partial charge in [-0.3, -0.25) is 4.79 Å². The number of anilines is 1. The van der Waals surface area contributed by atoms with Crippen molar-refractivity contribution in [3.63, 3.8) is 0 Å². The van der Waals surface area contributed by atoms with Crippen LogP contribution in [0.4, 0.5) is 5.69 Å². The quantitative estimate of drug-likeness (QED) is 0.687. The summed E-state index contributed by atoms with van der Waals surface area (Å²) in [5, 5.41) is 1.29. The molecule has 0 amide bonds. The first-order valence-corrected chi connectivity index (χ1v) is 6.46. The number of ketones is 1. The van der Waals surface area contributed by atoms with Crippen LogP contribution in [-0.2, 0) is 0 Å². The number of halogens is 1. The summed E-state index contributed by atoms with van der Waals surface area (Å²) in [7, 11) is 0. The monoisotopic (exact) mass is 278 g/mol. The predicted octanol–water partition coefficient (Wildman–Crippen LogP) is 3.67. The average molecular weight is 279 g/mol. The van der Waals surface area contributed by atoms with Crippen LogP contribution in [0.15, 0.2) is 46.5 Å². The van der Waals surface area contributed by atoms with E-state index in [9.17, 15) is 4.79 Å². The molecule has 92 valence electrons. The van der Waals surface area contributed by atoms with E-state index in [0.29, 0.717) is 21.3 Å².